The molecule has 1 aromatic carbocycles. The Morgan fingerprint density at radius 2 is 1.88 bits per heavy atom. The molecule has 0 fully saturated rings. The summed E-state index contributed by atoms with van der Waals surface area (Å²) in [6, 6.07) is 4.91. The first-order chi connectivity index (χ1) is 7.76. The van der Waals surface area contributed by atoms with Crippen LogP contribution in [0, 0.1) is 11.3 Å². The van der Waals surface area contributed by atoms with Crippen molar-refractivity contribution < 1.29 is 19.0 Å². The van der Waals surface area contributed by atoms with Gasteiger partial charge in [-0.3, -0.25) is 4.79 Å². The molecule has 84 valence electrons. The summed E-state index contributed by atoms with van der Waals surface area (Å²) in [6.07, 6.45) is 0.645. The Bertz CT molecular complexity index is 397. The van der Waals surface area contributed by atoms with E-state index >= 15 is 0 Å². The van der Waals surface area contributed by atoms with Crippen molar-refractivity contribution in [2.45, 2.75) is 0 Å². The van der Waals surface area contributed by atoms with Gasteiger partial charge in [0.2, 0.25) is 0 Å². The molecule has 0 unspecified atom stereocenters. The average molecular weight is 221 g/mol. The van der Waals surface area contributed by atoms with Crippen molar-refractivity contribution in [3.8, 4) is 23.3 Å². The summed E-state index contributed by atoms with van der Waals surface area (Å²) in [5, 5.41) is 8.39. The van der Waals surface area contributed by atoms with E-state index in [1.165, 1.54) is 26.4 Å². The molecule has 0 aliphatic heterocycles. The van der Waals surface area contributed by atoms with Gasteiger partial charge in [-0.2, -0.15) is 5.26 Å². The first-order valence-corrected chi connectivity index (χ1v) is 4.47. The summed E-state index contributed by atoms with van der Waals surface area (Å²) < 4.78 is 15.2. The first kappa shape index (κ1) is 11.9. The van der Waals surface area contributed by atoms with Gasteiger partial charge in [0.15, 0.2) is 12.9 Å². The number of carbonyl (C=O) groups is 1. The molecule has 0 N–H and O–H groups in total. The molecule has 0 aromatic heterocycles. The smallest absolute Gasteiger partial charge is 0.174 e. The summed E-state index contributed by atoms with van der Waals surface area (Å²) in [6.45, 7) is -0.0766. The predicted octanol–water partition coefficient (Wildman–Crippen LogP) is 1.42. The third kappa shape index (κ3) is 2.42. The van der Waals surface area contributed by atoms with Crippen molar-refractivity contribution in [2.75, 3.05) is 20.8 Å². The maximum Gasteiger partial charge on any atom is 0.174 e. The van der Waals surface area contributed by atoms with E-state index in [2.05, 4.69) is 0 Å². The van der Waals surface area contributed by atoms with Gasteiger partial charge in [0, 0.05) is 12.1 Å². The summed E-state index contributed by atoms with van der Waals surface area (Å²) in [7, 11) is 2.88. The Balaban J connectivity index is 3.16. The number of aldehydes is 1. The minimum absolute atomic E-state index is 0.0766. The highest BCUT2D eigenvalue weighted by Crippen LogP contribution is 2.32. The highest BCUT2D eigenvalue weighted by atomic mass is 16.5. The van der Waals surface area contributed by atoms with E-state index in [9.17, 15) is 4.79 Å². The van der Waals surface area contributed by atoms with Crippen molar-refractivity contribution >= 4 is 6.29 Å². The minimum Gasteiger partial charge on any atom is -0.496 e. The predicted molar refractivity (Wildman–Crippen MR) is 56.0 cm³/mol. The topological polar surface area (TPSA) is 68.6 Å². The summed E-state index contributed by atoms with van der Waals surface area (Å²) in [4.78, 5) is 10.8. The van der Waals surface area contributed by atoms with Gasteiger partial charge in [0.25, 0.3) is 0 Å². The lowest BCUT2D eigenvalue weighted by Crippen LogP contribution is -1.99. The zero-order chi connectivity index (χ0) is 12.0. The molecule has 0 spiro atoms. The zero-order valence-corrected chi connectivity index (χ0v) is 9.02. The largest absolute Gasteiger partial charge is 0.496 e. The SMILES string of the molecule is COc1cc(OCC#N)cc(OC)c1C=O. The fourth-order valence-corrected chi connectivity index (χ4v) is 1.23. The van der Waals surface area contributed by atoms with Crippen molar-refractivity contribution in [3.05, 3.63) is 17.7 Å². The molecule has 16 heavy (non-hydrogen) atoms. The van der Waals surface area contributed by atoms with Crippen molar-refractivity contribution in [1.29, 1.82) is 5.26 Å². The molecule has 0 aliphatic rings. The van der Waals surface area contributed by atoms with Crippen LogP contribution in [0.3, 0.4) is 0 Å². The number of nitrogens with zero attached hydrogens (tertiary/aromatic N) is 1. The van der Waals surface area contributed by atoms with E-state index < -0.39 is 0 Å². The van der Waals surface area contributed by atoms with Crippen molar-refractivity contribution in [1.82, 2.24) is 0 Å². The fraction of sp³-hybridized carbons (Fsp3) is 0.273. The number of nitriles is 1. The molecule has 0 radical (unpaired) electrons. The van der Waals surface area contributed by atoms with Crippen LogP contribution in [0.5, 0.6) is 17.2 Å². The lowest BCUT2D eigenvalue weighted by Gasteiger charge is -2.11. The number of ether oxygens (including phenoxy) is 3. The van der Waals surface area contributed by atoms with E-state index in [0.29, 0.717) is 29.1 Å². The molecule has 5 heteroatoms. The molecule has 0 heterocycles. The van der Waals surface area contributed by atoms with E-state index in [-0.39, 0.29) is 6.61 Å². The molecule has 5 nitrogen and oxygen atoms in total. The number of hydrogen-bond acceptors (Lipinski definition) is 5. The van der Waals surface area contributed by atoms with Crippen LogP contribution in [0.15, 0.2) is 12.1 Å². The van der Waals surface area contributed by atoms with Crippen LogP contribution in [0.25, 0.3) is 0 Å². The second-order valence-corrected chi connectivity index (χ2v) is 2.81. The molecule has 0 saturated heterocycles. The molecule has 0 amide bonds. The molecule has 0 atom stereocenters. The highest BCUT2D eigenvalue weighted by Gasteiger charge is 2.12. The van der Waals surface area contributed by atoms with Crippen LogP contribution in [0.1, 0.15) is 10.4 Å². The molecule has 1 aromatic rings. The van der Waals surface area contributed by atoms with E-state index in [4.69, 9.17) is 19.5 Å². The van der Waals surface area contributed by atoms with Gasteiger partial charge >= 0.3 is 0 Å². The van der Waals surface area contributed by atoms with E-state index in [1.54, 1.807) is 0 Å². The fourth-order valence-electron chi connectivity index (χ4n) is 1.23. The Hall–Kier alpha value is -2.22. The lowest BCUT2D eigenvalue weighted by atomic mass is 10.2. The summed E-state index contributed by atoms with van der Waals surface area (Å²) in [5.74, 6) is 1.12. The second-order valence-electron chi connectivity index (χ2n) is 2.81. The normalized spacial score (nSPS) is 9.06. The third-order valence-electron chi connectivity index (χ3n) is 1.94. The average Bonchev–Trinajstić information content (AvgIpc) is 2.34. The number of benzene rings is 1. The van der Waals surface area contributed by atoms with Crippen LogP contribution in [-0.2, 0) is 0 Å². The maximum atomic E-state index is 10.8. The first-order valence-electron chi connectivity index (χ1n) is 4.47. The van der Waals surface area contributed by atoms with E-state index in [0.717, 1.165) is 0 Å². The Morgan fingerprint density at radius 1 is 1.31 bits per heavy atom. The Morgan fingerprint density at radius 3 is 2.25 bits per heavy atom. The maximum absolute atomic E-state index is 10.8. The monoisotopic (exact) mass is 221 g/mol. The number of carbonyl (C=O) groups excluding carboxylic acids is 1. The van der Waals surface area contributed by atoms with Gasteiger partial charge in [-0.1, -0.05) is 0 Å². The molecule has 0 saturated carbocycles. The van der Waals surface area contributed by atoms with Crippen LogP contribution >= 0.6 is 0 Å². The summed E-state index contributed by atoms with van der Waals surface area (Å²) >= 11 is 0. The Kier molecular flexibility index (Phi) is 4.16. The molecule has 0 bridgehead atoms. The van der Waals surface area contributed by atoms with Crippen molar-refractivity contribution in [3.63, 3.8) is 0 Å². The molecule has 0 aliphatic carbocycles. The quantitative estimate of drug-likeness (QED) is 0.703. The Labute approximate surface area is 93.2 Å². The van der Waals surface area contributed by atoms with Crippen LogP contribution in [-0.4, -0.2) is 27.1 Å². The second kappa shape index (κ2) is 5.61. The van der Waals surface area contributed by atoms with Gasteiger partial charge < -0.3 is 14.2 Å². The van der Waals surface area contributed by atoms with Gasteiger partial charge in [-0.05, 0) is 0 Å². The summed E-state index contributed by atoms with van der Waals surface area (Å²) in [5.41, 5.74) is 0.314. The van der Waals surface area contributed by atoms with E-state index in [1.807, 2.05) is 6.07 Å². The molecule has 1 rings (SSSR count). The minimum atomic E-state index is -0.0766. The lowest BCUT2D eigenvalue weighted by molar-refractivity contribution is 0.111. The highest BCUT2D eigenvalue weighted by molar-refractivity contribution is 5.84. The van der Waals surface area contributed by atoms with Crippen LogP contribution in [0.2, 0.25) is 0 Å². The molecular weight excluding hydrogens is 210 g/mol. The van der Waals surface area contributed by atoms with Crippen LogP contribution in [0.4, 0.5) is 0 Å². The van der Waals surface area contributed by atoms with Gasteiger partial charge in [-0.15, -0.1) is 0 Å². The molecular formula is C11H11NO4. The van der Waals surface area contributed by atoms with Crippen LogP contribution < -0.4 is 14.2 Å². The number of hydrogen-bond donors (Lipinski definition) is 0. The van der Waals surface area contributed by atoms with Gasteiger partial charge in [0.05, 0.1) is 19.8 Å². The number of methoxy groups -OCH3 is 2. The zero-order valence-electron chi connectivity index (χ0n) is 9.02. The van der Waals surface area contributed by atoms with Crippen molar-refractivity contribution in [2.24, 2.45) is 0 Å². The van der Waals surface area contributed by atoms with Gasteiger partial charge in [-0.25, -0.2) is 0 Å². The third-order valence-corrected chi connectivity index (χ3v) is 1.94. The number of rotatable bonds is 5. The standard InChI is InChI=1S/C11H11NO4/c1-14-10-5-8(16-4-3-12)6-11(15-2)9(10)7-13/h5-7H,4H2,1-2H3. The van der Waals surface area contributed by atoms with Gasteiger partial charge in [0.1, 0.15) is 23.3 Å².